The van der Waals surface area contributed by atoms with Crippen molar-refractivity contribution >= 4 is 39.3 Å². The zero-order valence-corrected chi connectivity index (χ0v) is 19.0. The predicted octanol–water partition coefficient (Wildman–Crippen LogP) is 4.57. The van der Waals surface area contributed by atoms with Gasteiger partial charge >= 0.3 is 5.97 Å². The van der Waals surface area contributed by atoms with E-state index in [2.05, 4.69) is 31.7 Å². The minimum atomic E-state index is -0.422. The zero-order chi connectivity index (χ0) is 22.0. The van der Waals surface area contributed by atoms with Gasteiger partial charge in [0.1, 0.15) is 15.5 Å². The van der Waals surface area contributed by atoms with E-state index in [9.17, 15) is 9.59 Å². The molecule has 9 heteroatoms. The number of aromatic nitrogens is 4. The maximum atomic E-state index is 12.8. The molecule has 0 radical (unpaired) electrons. The van der Waals surface area contributed by atoms with Gasteiger partial charge in [-0.1, -0.05) is 42.1 Å². The summed E-state index contributed by atoms with van der Waals surface area (Å²) < 4.78 is 7.18. The van der Waals surface area contributed by atoms with Crippen LogP contribution in [0.4, 0.5) is 0 Å². The lowest BCUT2D eigenvalue weighted by atomic mass is 10.2. The van der Waals surface area contributed by atoms with Gasteiger partial charge < -0.3 is 14.3 Å². The van der Waals surface area contributed by atoms with Crippen LogP contribution in [0.25, 0.3) is 10.2 Å². The monoisotopic (exact) mass is 454 g/mol. The van der Waals surface area contributed by atoms with Gasteiger partial charge in [-0.25, -0.2) is 14.8 Å². The van der Waals surface area contributed by atoms with Crippen LogP contribution in [-0.4, -0.2) is 32.1 Å². The van der Waals surface area contributed by atoms with E-state index in [0.717, 1.165) is 5.16 Å². The molecule has 4 rings (SSSR count). The Labute approximate surface area is 187 Å². The van der Waals surface area contributed by atoms with Crippen LogP contribution in [0.15, 0.2) is 52.7 Å². The Bertz CT molecular complexity index is 1280. The van der Waals surface area contributed by atoms with E-state index < -0.39 is 5.97 Å². The number of nitrogens with zero attached hydrogens (tertiary/aromatic N) is 3. The third-order valence-corrected chi connectivity index (χ3v) is 7.11. The molecule has 0 fully saturated rings. The molecule has 0 aliphatic rings. The first-order chi connectivity index (χ1) is 15.0. The summed E-state index contributed by atoms with van der Waals surface area (Å²) in [5, 5.41) is 1.15. The Morgan fingerprint density at radius 1 is 1.32 bits per heavy atom. The lowest BCUT2D eigenvalue weighted by Gasteiger charge is -2.12. The molecular formula is C22H22N4O3S2. The van der Waals surface area contributed by atoms with Crippen molar-refractivity contribution in [1.29, 1.82) is 0 Å². The van der Waals surface area contributed by atoms with Gasteiger partial charge in [0.05, 0.1) is 17.2 Å². The molecule has 0 saturated carbocycles. The molecular weight excluding hydrogens is 432 g/mol. The van der Waals surface area contributed by atoms with E-state index in [1.807, 2.05) is 31.3 Å². The highest BCUT2D eigenvalue weighted by atomic mass is 32.2. The molecule has 0 saturated heterocycles. The van der Waals surface area contributed by atoms with Crippen molar-refractivity contribution in [3.63, 3.8) is 0 Å². The molecule has 31 heavy (non-hydrogen) atoms. The van der Waals surface area contributed by atoms with Gasteiger partial charge in [-0.3, -0.25) is 4.79 Å². The van der Waals surface area contributed by atoms with Crippen LogP contribution in [0, 0.1) is 6.92 Å². The number of aromatic amines is 1. The van der Waals surface area contributed by atoms with Crippen LogP contribution < -0.4 is 5.56 Å². The number of nitrogens with one attached hydrogen (secondary N) is 1. The summed E-state index contributed by atoms with van der Waals surface area (Å²) in [4.78, 5) is 37.9. The Balaban J connectivity index is 1.60. The summed E-state index contributed by atoms with van der Waals surface area (Å²) in [5.41, 5.74) is 1.55. The number of hydrogen-bond acceptors (Lipinski definition) is 7. The highest BCUT2D eigenvalue weighted by Gasteiger charge is 2.22. The molecule has 1 unspecified atom stereocenters. The first-order valence-electron chi connectivity index (χ1n) is 9.90. The summed E-state index contributed by atoms with van der Waals surface area (Å²) in [6, 6.07) is 10.2. The van der Waals surface area contributed by atoms with E-state index in [-0.39, 0.29) is 17.4 Å². The number of carbonyl (C=O) groups is 1. The third-order valence-electron chi connectivity index (χ3n) is 4.82. The molecule has 7 nitrogen and oxygen atoms in total. The van der Waals surface area contributed by atoms with Gasteiger partial charge in [-0.15, -0.1) is 11.3 Å². The Morgan fingerprint density at radius 2 is 2.10 bits per heavy atom. The molecule has 3 heterocycles. The van der Waals surface area contributed by atoms with Crippen LogP contribution in [-0.2, 0) is 11.3 Å². The topological polar surface area (TPSA) is 89.9 Å². The normalized spacial score (nSPS) is 12.2. The van der Waals surface area contributed by atoms with Crippen molar-refractivity contribution in [2.45, 2.75) is 37.7 Å². The van der Waals surface area contributed by atoms with Crippen LogP contribution in [0.3, 0.4) is 0 Å². The van der Waals surface area contributed by atoms with Crippen LogP contribution >= 0.6 is 23.1 Å². The average molecular weight is 455 g/mol. The fourth-order valence-corrected chi connectivity index (χ4v) is 5.28. The first kappa shape index (κ1) is 21.3. The van der Waals surface area contributed by atoms with Crippen molar-refractivity contribution in [3.05, 3.63) is 74.9 Å². The van der Waals surface area contributed by atoms with Crippen molar-refractivity contribution in [3.8, 4) is 0 Å². The second-order valence-corrected chi connectivity index (χ2v) is 9.30. The third kappa shape index (κ3) is 4.42. The van der Waals surface area contributed by atoms with E-state index in [1.165, 1.54) is 28.7 Å². The first-order valence-corrected chi connectivity index (χ1v) is 11.6. The largest absolute Gasteiger partial charge is 0.462 e. The fourth-order valence-electron chi connectivity index (χ4n) is 3.27. The number of fused-ring (bicyclic) bond motifs is 1. The standard InChI is InChI=1S/C22H22N4O3S2/c1-4-29-21(28)17-13(2)16-19(27)24-18(25-20(16)31-17)14(3)30-22-23-10-11-26(22)12-15-8-6-5-7-9-15/h5-11,14H,4,12H2,1-3H3,(H,24,25,27). The number of hydrogen-bond donors (Lipinski definition) is 1. The Kier molecular flexibility index (Phi) is 6.24. The maximum absolute atomic E-state index is 12.8. The molecule has 3 aromatic heterocycles. The number of H-pyrrole nitrogens is 1. The molecule has 0 bridgehead atoms. The maximum Gasteiger partial charge on any atom is 0.348 e. The van der Waals surface area contributed by atoms with Crippen molar-refractivity contribution in [2.24, 2.45) is 0 Å². The smallest absolute Gasteiger partial charge is 0.348 e. The zero-order valence-electron chi connectivity index (χ0n) is 17.4. The van der Waals surface area contributed by atoms with E-state index in [4.69, 9.17) is 4.74 Å². The quantitative estimate of drug-likeness (QED) is 0.325. The second kappa shape index (κ2) is 9.07. The number of rotatable bonds is 7. The number of aryl methyl sites for hydroxylation is 1. The molecule has 1 atom stereocenters. The highest BCUT2D eigenvalue weighted by Crippen LogP contribution is 2.34. The SMILES string of the molecule is CCOC(=O)c1sc2nc(C(C)Sc3nccn3Cc3ccccc3)[nH]c(=O)c2c1C. The summed E-state index contributed by atoms with van der Waals surface area (Å²) in [6.45, 7) is 6.48. The van der Waals surface area contributed by atoms with Gasteiger partial charge in [-0.2, -0.15) is 0 Å². The van der Waals surface area contributed by atoms with Gasteiger partial charge in [0.15, 0.2) is 5.16 Å². The molecule has 160 valence electrons. The fraction of sp³-hybridized carbons (Fsp3) is 0.273. The van der Waals surface area contributed by atoms with Gasteiger partial charge in [0.25, 0.3) is 5.56 Å². The molecule has 0 aliphatic heterocycles. The summed E-state index contributed by atoms with van der Waals surface area (Å²) in [7, 11) is 0. The summed E-state index contributed by atoms with van der Waals surface area (Å²) in [6.07, 6.45) is 3.71. The molecule has 0 amide bonds. The van der Waals surface area contributed by atoms with E-state index in [0.29, 0.717) is 33.0 Å². The van der Waals surface area contributed by atoms with Crippen molar-refractivity contribution in [2.75, 3.05) is 6.61 Å². The lowest BCUT2D eigenvalue weighted by molar-refractivity contribution is 0.0531. The number of thioether (sulfide) groups is 1. The number of benzene rings is 1. The lowest BCUT2D eigenvalue weighted by Crippen LogP contribution is -2.13. The number of carbonyl (C=O) groups excluding carboxylic acids is 1. The van der Waals surface area contributed by atoms with E-state index in [1.54, 1.807) is 20.0 Å². The predicted molar refractivity (Wildman–Crippen MR) is 123 cm³/mol. The van der Waals surface area contributed by atoms with Crippen LogP contribution in [0.2, 0.25) is 0 Å². The van der Waals surface area contributed by atoms with Crippen molar-refractivity contribution in [1.82, 2.24) is 19.5 Å². The van der Waals surface area contributed by atoms with Gasteiger partial charge in [-0.05, 0) is 31.9 Å². The Hall–Kier alpha value is -2.91. The summed E-state index contributed by atoms with van der Waals surface area (Å²) in [5.74, 6) is 0.128. The van der Waals surface area contributed by atoms with Crippen LogP contribution in [0.1, 0.15) is 45.7 Å². The van der Waals surface area contributed by atoms with Gasteiger partial charge in [0, 0.05) is 18.9 Å². The molecule has 4 aromatic rings. The van der Waals surface area contributed by atoms with Gasteiger partial charge in [0.2, 0.25) is 0 Å². The molecule has 0 spiro atoms. The number of imidazole rings is 1. The van der Waals surface area contributed by atoms with Crippen LogP contribution in [0.5, 0.6) is 0 Å². The number of ether oxygens (including phenoxy) is 1. The van der Waals surface area contributed by atoms with Crippen molar-refractivity contribution < 1.29 is 9.53 Å². The van der Waals surface area contributed by atoms with E-state index >= 15 is 0 Å². The highest BCUT2D eigenvalue weighted by molar-refractivity contribution is 7.99. The Morgan fingerprint density at radius 3 is 2.84 bits per heavy atom. The molecule has 1 aromatic carbocycles. The second-order valence-electron chi connectivity index (χ2n) is 6.99. The average Bonchev–Trinajstić information content (AvgIpc) is 3.33. The number of thiophene rings is 1. The molecule has 0 aliphatic carbocycles. The molecule has 1 N–H and O–H groups in total. The summed E-state index contributed by atoms with van der Waals surface area (Å²) >= 11 is 2.72. The minimum absolute atomic E-state index is 0.137. The number of esters is 1. The minimum Gasteiger partial charge on any atom is -0.462 e.